The lowest BCUT2D eigenvalue weighted by atomic mass is 10.2. The fourth-order valence-electron chi connectivity index (χ4n) is 4.16. The van der Waals surface area contributed by atoms with E-state index in [1.165, 1.54) is 5.56 Å². The van der Waals surface area contributed by atoms with Crippen molar-refractivity contribution in [3.05, 3.63) is 65.0 Å². The molecule has 1 N–H and O–H groups in total. The molecule has 1 aliphatic rings. The SMILES string of the molecule is CN(C)c1ccc(-c2nc3ncc(Br)c(N4CCN(Cc5ccncc5)CC4)c3[nH]2)cc1. The summed E-state index contributed by atoms with van der Waals surface area (Å²) >= 11 is 3.73. The number of aromatic nitrogens is 4. The van der Waals surface area contributed by atoms with Gasteiger partial charge in [-0.1, -0.05) is 0 Å². The van der Waals surface area contributed by atoms with Crippen LogP contribution in [-0.2, 0) is 6.54 Å². The van der Waals surface area contributed by atoms with Gasteiger partial charge in [-0.05, 0) is 57.9 Å². The van der Waals surface area contributed by atoms with Gasteiger partial charge in [-0.3, -0.25) is 9.88 Å². The summed E-state index contributed by atoms with van der Waals surface area (Å²) in [5, 5.41) is 0. The minimum absolute atomic E-state index is 0.745. The molecule has 0 aliphatic carbocycles. The van der Waals surface area contributed by atoms with Crippen LogP contribution in [0, 0.1) is 0 Å². The molecule has 0 amide bonds. The van der Waals surface area contributed by atoms with E-state index in [1.807, 2.05) is 32.7 Å². The van der Waals surface area contributed by atoms with Crippen LogP contribution in [0.5, 0.6) is 0 Å². The van der Waals surface area contributed by atoms with Gasteiger partial charge >= 0.3 is 0 Å². The van der Waals surface area contributed by atoms with Crippen LogP contribution in [0.2, 0.25) is 0 Å². The molecule has 1 fully saturated rings. The van der Waals surface area contributed by atoms with Crippen LogP contribution in [0.1, 0.15) is 5.56 Å². The maximum atomic E-state index is 4.78. The maximum Gasteiger partial charge on any atom is 0.180 e. The summed E-state index contributed by atoms with van der Waals surface area (Å²) in [6.45, 7) is 4.88. The van der Waals surface area contributed by atoms with Crippen LogP contribution in [-0.4, -0.2) is 65.1 Å². The maximum absolute atomic E-state index is 4.78. The van der Waals surface area contributed by atoms with Gasteiger partial charge in [-0.25, -0.2) is 9.97 Å². The number of rotatable bonds is 5. The predicted molar refractivity (Wildman–Crippen MR) is 133 cm³/mol. The number of halogens is 1. The van der Waals surface area contributed by atoms with Crippen molar-refractivity contribution in [1.29, 1.82) is 0 Å². The third-order valence-electron chi connectivity index (χ3n) is 5.95. The lowest BCUT2D eigenvalue weighted by Gasteiger charge is -2.36. The molecule has 3 aromatic heterocycles. The Bertz CT molecular complexity index is 1200. The van der Waals surface area contributed by atoms with Crippen LogP contribution in [0.4, 0.5) is 11.4 Å². The second-order valence-corrected chi connectivity index (χ2v) is 9.15. The monoisotopic (exact) mass is 491 g/mol. The predicted octanol–water partition coefficient (Wildman–Crippen LogP) is 4.17. The zero-order valence-electron chi connectivity index (χ0n) is 18.3. The van der Waals surface area contributed by atoms with E-state index in [1.54, 1.807) is 0 Å². The first-order chi connectivity index (χ1) is 15.6. The number of aromatic amines is 1. The zero-order chi connectivity index (χ0) is 22.1. The van der Waals surface area contributed by atoms with Crippen LogP contribution in [0.25, 0.3) is 22.6 Å². The van der Waals surface area contributed by atoms with E-state index in [2.05, 4.69) is 82.0 Å². The molecule has 1 aromatic carbocycles. The van der Waals surface area contributed by atoms with Crippen molar-refractivity contribution in [1.82, 2.24) is 24.8 Å². The van der Waals surface area contributed by atoms with Gasteiger partial charge in [0, 0.05) is 76.7 Å². The Labute approximate surface area is 196 Å². The van der Waals surface area contributed by atoms with E-state index in [9.17, 15) is 0 Å². The molecule has 7 nitrogen and oxygen atoms in total. The third-order valence-corrected chi connectivity index (χ3v) is 6.53. The number of fused-ring (bicyclic) bond motifs is 1. The Morgan fingerprint density at radius 1 is 1.00 bits per heavy atom. The number of nitrogens with zero attached hydrogens (tertiary/aromatic N) is 6. The number of nitrogens with one attached hydrogen (secondary N) is 1. The topological polar surface area (TPSA) is 64.2 Å². The van der Waals surface area contributed by atoms with Gasteiger partial charge in [0.1, 0.15) is 11.3 Å². The Morgan fingerprint density at radius 3 is 2.41 bits per heavy atom. The molecule has 0 unspecified atom stereocenters. The third kappa shape index (κ3) is 4.20. The molecule has 0 saturated carbocycles. The Kier molecular flexibility index (Phi) is 5.80. The Morgan fingerprint density at radius 2 is 1.72 bits per heavy atom. The average Bonchev–Trinajstić information content (AvgIpc) is 3.25. The molecule has 1 aliphatic heterocycles. The number of anilines is 2. The summed E-state index contributed by atoms with van der Waals surface area (Å²) < 4.78 is 0.991. The van der Waals surface area contributed by atoms with Gasteiger partial charge in [0.15, 0.2) is 5.65 Å². The minimum Gasteiger partial charge on any atom is -0.378 e. The number of piperazine rings is 1. The molecule has 5 rings (SSSR count). The van der Waals surface area contributed by atoms with Crippen molar-refractivity contribution in [2.75, 3.05) is 50.1 Å². The van der Waals surface area contributed by atoms with Crippen molar-refractivity contribution >= 4 is 38.5 Å². The summed E-state index contributed by atoms with van der Waals surface area (Å²) in [4.78, 5) is 24.0. The number of pyridine rings is 2. The summed E-state index contributed by atoms with van der Waals surface area (Å²) in [5.41, 5.74) is 6.39. The van der Waals surface area contributed by atoms with Crippen LogP contribution < -0.4 is 9.80 Å². The molecule has 4 heterocycles. The molecular formula is C24H26BrN7. The lowest BCUT2D eigenvalue weighted by molar-refractivity contribution is 0.250. The quantitative estimate of drug-likeness (QED) is 0.451. The van der Waals surface area contributed by atoms with Gasteiger partial charge < -0.3 is 14.8 Å². The van der Waals surface area contributed by atoms with Crippen molar-refractivity contribution in [2.45, 2.75) is 6.54 Å². The highest BCUT2D eigenvalue weighted by Crippen LogP contribution is 2.34. The molecule has 0 radical (unpaired) electrons. The molecule has 164 valence electrons. The Balaban J connectivity index is 1.38. The number of H-pyrrole nitrogens is 1. The van der Waals surface area contributed by atoms with Gasteiger partial charge in [-0.15, -0.1) is 0 Å². The number of hydrogen-bond donors (Lipinski definition) is 1. The molecular weight excluding hydrogens is 466 g/mol. The second-order valence-electron chi connectivity index (χ2n) is 8.30. The standard InChI is InChI=1S/C24H26BrN7/c1-30(2)19-5-3-18(4-6-19)23-28-21-22(20(25)15-27-24(21)29-23)32-13-11-31(12-14-32)16-17-7-9-26-10-8-17/h3-10,15H,11-14,16H2,1-2H3,(H,27,28,29). The highest BCUT2D eigenvalue weighted by molar-refractivity contribution is 9.10. The van der Waals surface area contributed by atoms with E-state index < -0.39 is 0 Å². The largest absolute Gasteiger partial charge is 0.378 e. The number of benzene rings is 1. The van der Waals surface area contributed by atoms with Gasteiger partial charge in [0.25, 0.3) is 0 Å². The normalized spacial score (nSPS) is 14.8. The summed E-state index contributed by atoms with van der Waals surface area (Å²) in [7, 11) is 4.08. The van der Waals surface area contributed by atoms with Crippen molar-refractivity contribution in [3.8, 4) is 11.4 Å². The van der Waals surface area contributed by atoms with Crippen LogP contribution >= 0.6 is 15.9 Å². The van der Waals surface area contributed by atoms with E-state index in [0.29, 0.717) is 0 Å². The first-order valence-electron chi connectivity index (χ1n) is 10.8. The molecule has 0 bridgehead atoms. The van der Waals surface area contributed by atoms with Crippen molar-refractivity contribution in [2.24, 2.45) is 0 Å². The first-order valence-corrected chi connectivity index (χ1v) is 11.6. The number of hydrogen-bond acceptors (Lipinski definition) is 6. The van der Waals surface area contributed by atoms with Crippen molar-refractivity contribution < 1.29 is 0 Å². The van der Waals surface area contributed by atoms with Crippen LogP contribution in [0.15, 0.2) is 59.5 Å². The van der Waals surface area contributed by atoms with Crippen molar-refractivity contribution in [3.63, 3.8) is 0 Å². The van der Waals surface area contributed by atoms with Gasteiger partial charge in [0.05, 0.1) is 10.2 Å². The summed E-state index contributed by atoms with van der Waals surface area (Å²) in [5.74, 6) is 0.841. The molecule has 0 spiro atoms. The Hall–Kier alpha value is -2.97. The fraction of sp³-hybridized carbons (Fsp3) is 0.292. The minimum atomic E-state index is 0.745. The van der Waals surface area contributed by atoms with E-state index in [-0.39, 0.29) is 0 Å². The first kappa shape index (κ1) is 20.9. The summed E-state index contributed by atoms with van der Waals surface area (Å²) in [6, 6.07) is 12.6. The molecule has 0 atom stereocenters. The lowest BCUT2D eigenvalue weighted by Crippen LogP contribution is -2.46. The highest BCUT2D eigenvalue weighted by atomic mass is 79.9. The molecule has 32 heavy (non-hydrogen) atoms. The smallest absolute Gasteiger partial charge is 0.180 e. The van der Waals surface area contributed by atoms with Gasteiger partial charge in [-0.2, -0.15) is 0 Å². The molecule has 1 saturated heterocycles. The van der Waals surface area contributed by atoms with Gasteiger partial charge in [0.2, 0.25) is 0 Å². The second kappa shape index (κ2) is 8.88. The molecule has 4 aromatic rings. The van der Waals surface area contributed by atoms with Crippen LogP contribution in [0.3, 0.4) is 0 Å². The fourth-order valence-corrected chi connectivity index (χ4v) is 4.71. The number of imidazole rings is 1. The average molecular weight is 492 g/mol. The molecule has 8 heteroatoms. The zero-order valence-corrected chi connectivity index (χ0v) is 19.9. The summed E-state index contributed by atoms with van der Waals surface area (Å²) in [6.07, 6.45) is 5.58. The van der Waals surface area contributed by atoms with E-state index >= 15 is 0 Å². The van der Waals surface area contributed by atoms with E-state index in [4.69, 9.17) is 4.98 Å². The highest BCUT2D eigenvalue weighted by Gasteiger charge is 2.23. The van der Waals surface area contributed by atoms with E-state index in [0.717, 1.165) is 71.1 Å².